The van der Waals surface area contributed by atoms with Crippen molar-refractivity contribution in [1.82, 2.24) is 4.31 Å². The predicted molar refractivity (Wildman–Crippen MR) is 53.8 cm³/mol. The smallest absolute Gasteiger partial charge is 0.303 e. The van der Waals surface area contributed by atoms with E-state index in [9.17, 15) is 13.6 Å². The van der Waals surface area contributed by atoms with Gasteiger partial charge in [0.1, 0.15) is 0 Å². The second-order valence-electron chi connectivity index (χ2n) is 3.17. The number of carboxylic acid groups (broad SMARTS) is 1. The summed E-state index contributed by atoms with van der Waals surface area (Å²) >= 11 is -2.26. The summed E-state index contributed by atoms with van der Waals surface area (Å²) in [7, 11) is 2.92. The van der Waals surface area contributed by atoms with Crippen LogP contribution in [0.25, 0.3) is 0 Å². The van der Waals surface area contributed by atoms with E-state index in [0.29, 0.717) is 12.8 Å². The molecule has 0 radical (unpaired) electrons. The van der Waals surface area contributed by atoms with Crippen LogP contribution in [-0.2, 0) is 20.8 Å². The number of methoxy groups -OCH3 is 1. The number of hydrogen-bond donors (Lipinski definition) is 1. The lowest BCUT2D eigenvalue weighted by molar-refractivity contribution is -0.137. The molecular weight excluding hydrogens is 222 g/mol. The van der Waals surface area contributed by atoms with Crippen molar-refractivity contribution in [2.75, 3.05) is 20.7 Å². The van der Waals surface area contributed by atoms with E-state index in [1.54, 1.807) is 0 Å². The number of hydrogen-bond acceptors (Lipinski definition) is 4. The molecule has 0 aliphatic heterocycles. The van der Waals surface area contributed by atoms with Crippen LogP contribution in [0.3, 0.4) is 0 Å². The summed E-state index contributed by atoms with van der Waals surface area (Å²) in [6, 6.07) is 0. The minimum Gasteiger partial charge on any atom is -0.760 e. The molecule has 0 saturated carbocycles. The molecule has 0 rings (SSSR count). The van der Waals surface area contributed by atoms with E-state index in [0.717, 1.165) is 4.31 Å². The monoisotopic (exact) mass is 238 g/mol. The predicted octanol–water partition coefficient (Wildman–Crippen LogP) is -0.0178. The van der Waals surface area contributed by atoms with Crippen molar-refractivity contribution in [3.63, 3.8) is 0 Å². The minimum atomic E-state index is -2.26. The molecule has 0 heterocycles. The third kappa shape index (κ3) is 7.43. The lowest BCUT2D eigenvalue weighted by Crippen LogP contribution is -2.31. The Labute approximate surface area is 91.6 Å². The van der Waals surface area contributed by atoms with Crippen LogP contribution in [0.2, 0.25) is 0 Å². The van der Waals surface area contributed by atoms with Gasteiger partial charge >= 0.3 is 5.97 Å². The second kappa shape index (κ2) is 7.75. The fraction of sp³-hybridized carbons (Fsp3) is 0.875. The maximum Gasteiger partial charge on any atom is 0.303 e. The first kappa shape index (κ1) is 14.5. The minimum absolute atomic E-state index is 0.0735. The average molecular weight is 238 g/mol. The SMILES string of the molecule is CO[C@@H](CCCC(=O)O)CN(C)S(=O)[O-]. The van der Waals surface area contributed by atoms with Crippen molar-refractivity contribution in [2.45, 2.75) is 25.4 Å². The number of carboxylic acids is 1. The number of likely N-dealkylation sites (N-methyl/N-ethyl adjacent to an activating group) is 1. The highest BCUT2D eigenvalue weighted by Crippen LogP contribution is 2.06. The lowest BCUT2D eigenvalue weighted by Gasteiger charge is -2.24. The second-order valence-corrected chi connectivity index (χ2v) is 4.23. The molecule has 2 atom stereocenters. The van der Waals surface area contributed by atoms with E-state index < -0.39 is 17.2 Å². The molecule has 90 valence electrons. The highest BCUT2D eigenvalue weighted by Gasteiger charge is 2.11. The Bertz CT molecular complexity index is 223. The van der Waals surface area contributed by atoms with Crippen molar-refractivity contribution < 1.29 is 23.4 Å². The van der Waals surface area contributed by atoms with Gasteiger partial charge in [-0.15, -0.1) is 0 Å². The summed E-state index contributed by atoms with van der Waals surface area (Å²) in [4.78, 5) is 10.2. The third-order valence-corrected chi connectivity index (χ3v) is 2.62. The number of nitrogens with zero attached hydrogens (tertiary/aromatic N) is 1. The van der Waals surface area contributed by atoms with Gasteiger partial charge in [0, 0.05) is 31.3 Å². The highest BCUT2D eigenvalue weighted by atomic mass is 32.2. The Morgan fingerprint density at radius 1 is 1.67 bits per heavy atom. The third-order valence-electron chi connectivity index (χ3n) is 1.97. The van der Waals surface area contributed by atoms with Crippen molar-refractivity contribution in [1.29, 1.82) is 0 Å². The van der Waals surface area contributed by atoms with Crippen molar-refractivity contribution >= 4 is 17.2 Å². The summed E-state index contributed by atoms with van der Waals surface area (Å²) < 4.78 is 27.2. The quantitative estimate of drug-likeness (QED) is 0.600. The van der Waals surface area contributed by atoms with E-state index in [1.165, 1.54) is 14.2 Å². The molecule has 1 unspecified atom stereocenters. The molecule has 0 bridgehead atoms. The highest BCUT2D eigenvalue weighted by molar-refractivity contribution is 7.76. The summed E-state index contributed by atoms with van der Waals surface area (Å²) in [5.41, 5.74) is 0. The van der Waals surface area contributed by atoms with Crippen molar-refractivity contribution in [3.8, 4) is 0 Å². The molecule has 0 aromatic carbocycles. The molecule has 1 N–H and O–H groups in total. The Balaban J connectivity index is 3.82. The van der Waals surface area contributed by atoms with E-state index in [2.05, 4.69) is 0 Å². The van der Waals surface area contributed by atoms with E-state index in [4.69, 9.17) is 9.84 Å². The Morgan fingerprint density at radius 2 is 2.27 bits per heavy atom. The van der Waals surface area contributed by atoms with Crippen molar-refractivity contribution in [3.05, 3.63) is 0 Å². The fourth-order valence-electron chi connectivity index (χ4n) is 1.11. The Hall–Kier alpha value is -0.500. The lowest BCUT2D eigenvalue weighted by atomic mass is 10.1. The maximum atomic E-state index is 10.5. The van der Waals surface area contributed by atoms with Gasteiger partial charge in [-0.3, -0.25) is 9.00 Å². The molecule has 6 nitrogen and oxygen atoms in total. The standard InChI is InChI=1S/C8H17NO5S/c1-9(15(12)13)6-7(14-2)4-3-5-8(10)11/h7H,3-6H2,1-2H3,(H,10,11)(H,12,13)/p-1/t7-/m0/s1. The van der Waals surface area contributed by atoms with Crippen LogP contribution in [0.4, 0.5) is 0 Å². The normalized spacial score (nSPS) is 15.2. The Morgan fingerprint density at radius 3 is 2.67 bits per heavy atom. The molecule has 15 heavy (non-hydrogen) atoms. The molecule has 7 heteroatoms. The van der Waals surface area contributed by atoms with Gasteiger partial charge < -0.3 is 14.4 Å². The number of rotatable bonds is 8. The van der Waals surface area contributed by atoms with Gasteiger partial charge in [-0.25, -0.2) is 4.31 Å². The number of carbonyl (C=O) groups is 1. The number of ether oxygens (including phenoxy) is 1. The van der Waals surface area contributed by atoms with Crippen LogP contribution in [0, 0.1) is 0 Å². The van der Waals surface area contributed by atoms with E-state index in [1.807, 2.05) is 0 Å². The summed E-state index contributed by atoms with van der Waals surface area (Å²) in [5.74, 6) is -0.856. The van der Waals surface area contributed by atoms with Crippen LogP contribution in [-0.4, -0.2) is 50.9 Å². The van der Waals surface area contributed by atoms with E-state index >= 15 is 0 Å². The van der Waals surface area contributed by atoms with Gasteiger partial charge in [0.25, 0.3) is 0 Å². The number of aliphatic carboxylic acids is 1. The van der Waals surface area contributed by atoms with Gasteiger partial charge in [0.05, 0.1) is 6.10 Å². The topological polar surface area (TPSA) is 89.9 Å². The summed E-state index contributed by atoms with van der Waals surface area (Å²) in [6.07, 6.45) is 0.828. The van der Waals surface area contributed by atoms with Crippen LogP contribution >= 0.6 is 0 Å². The van der Waals surface area contributed by atoms with Crippen LogP contribution in [0.1, 0.15) is 19.3 Å². The Kier molecular flexibility index (Phi) is 7.49. The molecule has 0 saturated heterocycles. The molecule has 0 amide bonds. The van der Waals surface area contributed by atoms with Gasteiger partial charge in [-0.2, -0.15) is 0 Å². The average Bonchev–Trinajstić information content (AvgIpc) is 2.15. The fourth-order valence-corrected chi connectivity index (χ4v) is 1.40. The molecule has 0 spiro atoms. The molecule has 0 aliphatic carbocycles. The first-order valence-corrected chi connectivity index (χ1v) is 5.55. The zero-order valence-electron chi connectivity index (χ0n) is 8.84. The van der Waals surface area contributed by atoms with Gasteiger partial charge in [-0.1, -0.05) is 0 Å². The van der Waals surface area contributed by atoms with Crippen LogP contribution in [0.15, 0.2) is 0 Å². The first-order valence-electron chi connectivity index (χ1n) is 4.52. The maximum absolute atomic E-state index is 10.5. The first-order chi connectivity index (χ1) is 6.97. The molecular formula is C8H16NO5S-. The van der Waals surface area contributed by atoms with Gasteiger partial charge in [0.15, 0.2) is 0 Å². The summed E-state index contributed by atoms with van der Waals surface area (Å²) in [5, 5.41) is 8.42. The van der Waals surface area contributed by atoms with Crippen molar-refractivity contribution in [2.24, 2.45) is 0 Å². The molecule has 0 fully saturated rings. The largest absolute Gasteiger partial charge is 0.760 e. The van der Waals surface area contributed by atoms with Crippen LogP contribution < -0.4 is 0 Å². The summed E-state index contributed by atoms with van der Waals surface area (Å²) in [6.45, 7) is 0.242. The van der Waals surface area contributed by atoms with Crippen LogP contribution in [0.5, 0.6) is 0 Å². The molecule has 0 aromatic heterocycles. The van der Waals surface area contributed by atoms with E-state index in [-0.39, 0.29) is 19.1 Å². The van der Waals surface area contributed by atoms with Gasteiger partial charge in [-0.05, 0) is 19.9 Å². The van der Waals surface area contributed by atoms with Gasteiger partial charge in [0.2, 0.25) is 0 Å². The molecule has 0 aliphatic rings. The zero-order valence-corrected chi connectivity index (χ0v) is 9.66. The molecule has 0 aromatic rings. The zero-order chi connectivity index (χ0) is 11.8.